The molecule has 2 rings (SSSR count). The van der Waals surface area contributed by atoms with Gasteiger partial charge in [-0.25, -0.2) is 0 Å². The third-order valence-corrected chi connectivity index (χ3v) is 3.88. The molecular weight excluding hydrogens is 312 g/mol. The maximum absolute atomic E-state index is 11.7. The highest BCUT2D eigenvalue weighted by molar-refractivity contribution is 9.10. The molecule has 0 aromatic heterocycles. The quantitative estimate of drug-likeness (QED) is 0.735. The Bertz CT molecular complexity index is 500. The average Bonchev–Trinajstić information content (AvgIpc) is 2.36. The molecule has 102 valence electrons. The van der Waals surface area contributed by atoms with Gasteiger partial charge in [-0.1, -0.05) is 12.1 Å². The van der Waals surface area contributed by atoms with E-state index in [1.54, 1.807) is 18.2 Å². The van der Waals surface area contributed by atoms with E-state index in [1.165, 1.54) is 0 Å². The summed E-state index contributed by atoms with van der Waals surface area (Å²) in [5, 5.41) is 14.8. The van der Waals surface area contributed by atoms with Gasteiger partial charge in [0.1, 0.15) is 0 Å². The molecule has 0 spiro atoms. The normalized spacial score (nSPS) is 16.3. The number of anilines is 1. The smallest absolute Gasteiger partial charge is 0.313 e. The summed E-state index contributed by atoms with van der Waals surface area (Å²) in [6, 6.07) is 7.03. The van der Waals surface area contributed by atoms with Crippen molar-refractivity contribution >= 4 is 33.4 Å². The van der Waals surface area contributed by atoms with Crippen molar-refractivity contribution in [2.24, 2.45) is 0 Å². The van der Waals surface area contributed by atoms with E-state index in [4.69, 9.17) is 0 Å². The van der Waals surface area contributed by atoms with Gasteiger partial charge in [-0.15, -0.1) is 0 Å². The Morgan fingerprint density at radius 3 is 2.53 bits per heavy atom. The highest BCUT2D eigenvalue weighted by atomic mass is 79.9. The molecule has 6 heteroatoms. The lowest BCUT2D eigenvalue weighted by Gasteiger charge is -2.36. The van der Waals surface area contributed by atoms with Gasteiger partial charge in [-0.2, -0.15) is 0 Å². The maximum Gasteiger partial charge on any atom is 0.313 e. The van der Waals surface area contributed by atoms with E-state index in [2.05, 4.69) is 26.6 Å². The Kier molecular flexibility index (Phi) is 4.21. The van der Waals surface area contributed by atoms with Gasteiger partial charge < -0.3 is 15.7 Å². The molecule has 0 heterocycles. The summed E-state index contributed by atoms with van der Waals surface area (Å²) in [6.45, 7) is 0.120. The standard InChI is InChI=1S/C13H15BrN2O3/c14-9-4-1-2-5-10(9)16-12(18)11(17)15-8-13(19)6-3-7-13/h1-2,4-5,19H,3,6-8H2,(H,15,17)(H,16,18). The number of hydrogen-bond acceptors (Lipinski definition) is 3. The van der Waals surface area contributed by atoms with E-state index in [9.17, 15) is 14.7 Å². The molecule has 3 N–H and O–H groups in total. The first kappa shape index (κ1) is 14.0. The van der Waals surface area contributed by atoms with Crippen molar-refractivity contribution in [1.82, 2.24) is 5.32 Å². The van der Waals surface area contributed by atoms with Crippen molar-refractivity contribution in [3.63, 3.8) is 0 Å². The molecule has 5 nitrogen and oxygen atoms in total. The minimum atomic E-state index is -0.830. The van der Waals surface area contributed by atoms with Gasteiger partial charge in [0, 0.05) is 11.0 Å². The number of benzene rings is 1. The first-order valence-corrected chi connectivity index (χ1v) is 6.86. The molecule has 2 amide bonds. The molecule has 1 aliphatic carbocycles. The Labute approximate surface area is 119 Å². The van der Waals surface area contributed by atoms with Gasteiger partial charge in [0.25, 0.3) is 0 Å². The number of nitrogens with one attached hydrogen (secondary N) is 2. The number of carbonyl (C=O) groups is 2. The van der Waals surface area contributed by atoms with Crippen LogP contribution in [0.5, 0.6) is 0 Å². The molecule has 1 fully saturated rings. The molecule has 0 aliphatic heterocycles. The second kappa shape index (κ2) is 5.71. The monoisotopic (exact) mass is 326 g/mol. The summed E-state index contributed by atoms with van der Waals surface area (Å²) in [6.07, 6.45) is 2.29. The number of hydrogen-bond donors (Lipinski definition) is 3. The van der Waals surface area contributed by atoms with Crippen LogP contribution in [0.3, 0.4) is 0 Å². The number of halogens is 1. The highest BCUT2D eigenvalue weighted by Gasteiger charge is 2.35. The number of para-hydroxylation sites is 1. The van der Waals surface area contributed by atoms with Crippen molar-refractivity contribution in [3.05, 3.63) is 28.7 Å². The lowest BCUT2D eigenvalue weighted by Crippen LogP contribution is -2.49. The first-order chi connectivity index (χ1) is 9.00. The van der Waals surface area contributed by atoms with E-state index in [1.807, 2.05) is 6.07 Å². The van der Waals surface area contributed by atoms with Crippen LogP contribution < -0.4 is 10.6 Å². The van der Waals surface area contributed by atoms with E-state index in [0.29, 0.717) is 23.0 Å². The molecule has 1 aliphatic rings. The van der Waals surface area contributed by atoms with Crippen molar-refractivity contribution in [1.29, 1.82) is 0 Å². The Morgan fingerprint density at radius 1 is 1.26 bits per heavy atom. The lowest BCUT2D eigenvalue weighted by atomic mass is 9.80. The molecule has 1 aromatic rings. The fourth-order valence-corrected chi connectivity index (χ4v) is 2.21. The summed E-state index contributed by atoms with van der Waals surface area (Å²) in [7, 11) is 0. The van der Waals surface area contributed by atoms with Gasteiger partial charge >= 0.3 is 11.8 Å². The van der Waals surface area contributed by atoms with Crippen LogP contribution in [0.1, 0.15) is 19.3 Å². The maximum atomic E-state index is 11.7. The Balaban J connectivity index is 1.86. The summed E-state index contributed by atoms with van der Waals surface area (Å²) >= 11 is 3.28. The van der Waals surface area contributed by atoms with Crippen molar-refractivity contribution in [2.75, 3.05) is 11.9 Å². The third kappa shape index (κ3) is 3.54. The van der Waals surface area contributed by atoms with Gasteiger partial charge in [0.05, 0.1) is 11.3 Å². The van der Waals surface area contributed by atoms with Crippen LogP contribution in [0.25, 0.3) is 0 Å². The Hall–Kier alpha value is -1.40. The Morgan fingerprint density at radius 2 is 1.95 bits per heavy atom. The highest BCUT2D eigenvalue weighted by Crippen LogP contribution is 2.30. The molecule has 1 saturated carbocycles. The predicted molar refractivity (Wildman–Crippen MR) is 74.6 cm³/mol. The number of rotatable bonds is 3. The van der Waals surface area contributed by atoms with Gasteiger partial charge in [0.15, 0.2) is 0 Å². The van der Waals surface area contributed by atoms with Crippen molar-refractivity contribution in [3.8, 4) is 0 Å². The molecule has 1 aromatic carbocycles. The van der Waals surface area contributed by atoms with Gasteiger partial charge in [-0.3, -0.25) is 9.59 Å². The fraction of sp³-hybridized carbons (Fsp3) is 0.385. The first-order valence-electron chi connectivity index (χ1n) is 6.06. The number of amides is 2. The summed E-state index contributed by atoms with van der Waals surface area (Å²) < 4.78 is 0.703. The minimum Gasteiger partial charge on any atom is -0.388 e. The number of carbonyl (C=O) groups excluding carboxylic acids is 2. The summed E-state index contributed by atoms with van der Waals surface area (Å²) in [4.78, 5) is 23.3. The second-order valence-corrected chi connectivity index (χ2v) is 5.55. The van der Waals surface area contributed by atoms with Crippen LogP contribution in [0.2, 0.25) is 0 Å². The summed E-state index contributed by atoms with van der Waals surface area (Å²) in [5.41, 5.74) is -0.298. The van der Waals surface area contributed by atoms with Crippen molar-refractivity contribution < 1.29 is 14.7 Å². The van der Waals surface area contributed by atoms with Crippen LogP contribution in [-0.2, 0) is 9.59 Å². The molecular formula is C13H15BrN2O3. The predicted octanol–water partition coefficient (Wildman–Crippen LogP) is 1.42. The molecule has 0 saturated heterocycles. The van der Waals surface area contributed by atoms with Crippen LogP contribution in [0, 0.1) is 0 Å². The van der Waals surface area contributed by atoms with Crippen LogP contribution in [0.4, 0.5) is 5.69 Å². The number of aliphatic hydroxyl groups is 1. The zero-order chi connectivity index (χ0) is 13.9. The molecule has 0 unspecified atom stereocenters. The van der Waals surface area contributed by atoms with Gasteiger partial charge in [0.2, 0.25) is 0 Å². The zero-order valence-corrected chi connectivity index (χ0v) is 11.9. The van der Waals surface area contributed by atoms with Crippen LogP contribution >= 0.6 is 15.9 Å². The van der Waals surface area contributed by atoms with E-state index in [-0.39, 0.29) is 6.54 Å². The molecule has 0 atom stereocenters. The fourth-order valence-electron chi connectivity index (χ4n) is 1.83. The average molecular weight is 327 g/mol. The second-order valence-electron chi connectivity index (χ2n) is 4.69. The lowest BCUT2D eigenvalue weighted by molar-refractivity contribution is -0.137. The van der Waals surface area contributed by atoms with Crippen LogP contribution in [-0.4, -0.2) is 29.1 Å². The largest absolute Gasteiger partial charge is 0.388 e. The van der Waals surface area contributed by atoms with E-state index >= 15 is 0 Å². The molecule has 0 radical (unpaired) electrons. The minimum absolute atomic E-state index is 0.120. The third-order valence-electron chi connectivity index (χ3n) is 3.19. The molecule has 0 bridgehead atoms. The molecule has 19 heavy (non-hydrogen) atoms. The topological polar surface area (TPSA) is 78.4 Å². The SMILES string of the molecule is O=C(NCC1(O)CCC1)C(=O)Nc1ccccc1Br. The van der Waals surface area contributed by atoms with E-state index in [0.717, 1.165) is 6.42 Å². The van der Waals surface area contributed by atoms with Crippen molar-refractivity contribution in [2.45, 2.75) is 24.9 Å². The summed E-state index contributed by atoms with van der Waals surface area (Å²) in [5.74, 6) is -1.48. The van der Waals surface area contributed by atoms with Crippen LogP contribution in [0.15, 0.2) is 28.7 Å². The zero-order valence-electron chi connectivity index (χ0n) is 10.3. The van der Waals surface area contributed by atoms with Gasteiger partial charge in [-0.05, 0) is 47.3 Å². The van der Waals surface area contributed by atoms with E-state index < -0.39 is 17.4 Å².